The van der Waals surface area contributed by atoms with Crippen molar-refractivity contribution in [2.75, 3.05) is 6.54 Å². The molecule has 0 bridgehead atoms. The fourth-order valence-electron chi connectivity index (χ4n) is 3.51. The van der Waals surface area contributed by atoms with Crippen LogP contribution in [0.4, 0.5) is 0 Å². The maximum Gasteiger partial charge on any atom is 0.475 e. The van der Waals surface area contributed by atoms with E-state index in [0.29, 0.717) is 6.42 Å². The molecular formula is C19H35BN4O6. The summed E-state index contributed by atoms with van der Waals surface area (Å²) in [4.78, 5) is 49.1. The van der Waals surface area contributed by atoms with Gasteiger partial charge >= 0.3 is 7.12 Å². The molecule has 170 valence electrons. The lowest BCUT2D eigenvalue weighted by Gasteiger charge is -2.28. The van der Waals surface area contributed by atoms with E-state index >= 15 is 0 Å². The third kappa shape index (κ3) is 8.31. The fraction of sp³-hybridized carbons (Fsp3) is 0.789. The van der Waals surface area contributed by atoms with Crippen molar-refractivity contribution in [2.24, 2.45) is 11.8 Å². The summed E-state index contributed by atoms with van der Waals surface area (Å²) in [6, 6.07) is -1.56. The number of amides is 4. The second-order valence-corrected chi connectivity index (χ2v) is 8.08. The molecule has 10 nitrogen and oxygen atoms in total. The summed E-state index contributed by atoms with van der Waals surface area (Å²) in [6.07, 6.45) is 4.30. The van der Waals surface area contributed by atoms with E-state index in [1.54, 1.807) is 0 Å². The summed E-state index contributed by atoms with van der Waals surface area (Å²) in [6.45, 7) is 6.11. The van der Waals surface area contributed by atoms with E-state index in [4.69, 9.17) is 10.0 Å². The van der Waals surface area contributed by atoms with Gasteiger partial charge in [0.15, 0.2) is 0 Å². The van der Waals surface area contributed by atoms with E-state index in [9.17, 15) is 19.2 Å². The largest absolute Gasteiger partial charge is 0.475 e. The highest BCUT2D eigenvalue weighted by molar-refractivity contribution is 6.43. The lowest BCUT2D eigenvalue weighted by molar-refractivity contribution is -0.134. The van der Waals surface area contributed by atoms with Crippen LogP contribution in [0.5, 0.6) is 0 Å². The zero-order chi connectivity index (χ0) is 22.8. The maximum atomic E-state index is 12.9. The van der Waals surface area contributed by atoms with Crippen molar-refractivity contribution in [3.8, 4) is 0 Å². The normalized spacial score (nSPS) is 17.9. The monoisotopic (exact) mass is 426 g/mol. The molecule has 0 heterocycles. The molecule has 0 spiro atoms. The quantitative estimate of drug-likeness (QED) is 0.229. The Morgan fingerprint density at radius 3 is 2.10 bits per heavy atom. The van der Waals surface area contributed by atoms with Crippen LogP contribution in [0.3, 0.4) is 0 Å². The zero-order valence-corrected chi connectivity index (χ0v) is 18.2. The van der Waals surface area contributed by atoms with Crippen molar-refractivity contribution in [3.63, 3.8) is 0 Å². The Hall–Kier alpha value is -2.14. The van der Waals surface area contributed by atoms with E-state index in [0.717, 1.165) is 25.7 Å². The van der Waals surface area contributed by atoms with Crippen LogP contribution in [0.2, 0.25) is 0 Å². The van der Waals surface area contributed by atoms with Crippen molar-refractivity contribution < 1.29 is 29.2 Å². The standard InChI is InChI=1S/C19H35BN4O6/c1-5-11(2)16(18(27)21-10-15(26)22-12(3)20(29)30)24-19(28)17(23-13(4)25)14-8-6-7-9-14/h11-12,14,16-17,29-30H,5-10H2,1-4H3,(H,21,27)(H,22,26)(H,23,25)(H,24,28)/t11-,12-,16-,17-/m0/s1. The minimum atomic E-state index is -1.71. The number of nitrogens with one attached hydrogen (secondary N) is 4. The van der Waals surface area contributed by atoms with Crippen molar-refractivity contribution in [1.82, 2.24) is 21.3 Å². The van der Waals surface area contributed by atoms with Crippen LogP contribution < -0.4 is 21.3 Å². The van der Waals surface area contributed by atoms with Gasteiger partial charge in [-0.2, -0.15) is 0 Å². The first-order valence-corrected chi connectivity index (χ1v) is 10.6. The fourth-order valence-corrected chi connectivity index (χ4v) is 3.51. The molecule has 6 N–H and O–H groups in total. The average Bonchev–Trinajstić information content (AvgIpc) is 3.21. The number of rotatable bonds is 11. The molecule has 30 heavy (non-hydrogen) atoms. The molecule has 4 atom stereocenters. The molecule has 1 rings (SSSR count). The molecule has 0 radical (unpaired) electrons. The third-order valence-electron chi connectivity index (χ3n) is 5.56. The van der Waals surface area contributed by atoms with E-state index in [1.165, 1.54) is 13.8 Å². The van der Waals surface area contributed by atoms with Gasteiger partial charge in [-0.15, -0.1) is 0 Å². The van der Waals surface area contributed by atoms with Crippen LogP contribution >= 0.6 is 0 Å². The SMILES string of the molecule is CC[C@H](C)[C@H](NC(=O)[C@@H](NC(C)=O)C1CCCC1)C(=O)NCC(=O)N[C@@H](C)B(O)O. The Morgan fingerprint density at radius 2 is 1.60 bits per heavy atom. The van der Waals surface area contributed by atoms with Crippen molar-refractivity contribution in [2.45, 2.75) is 77.8 Å². The molecule has 0 unspecified atom stereocenters. The van der Waals surface area contributed by atoms with Gasteiger partial charge in [-0.3, -0.25) is 19.2 Å². The van der Waals surface area contributed by atoms with Gasteiger partial charge in [0.2, 0.25) is 23.6 Å². The lowest BCUT2D eigenvalue weighted by Crippen LogP contribution is -2.58. The van der Waals surface area contributed by atoms with Gasteiger partial charge in [0.05, 0.1) is 12.5 Å². The van der Waals surface area contributed by atoms with Crippen LogP contribution in [-0.2, 0) is 19.2 Å². The summed E-state index contributed by atoms with van der Waals surface area (Å²) in [7, 11) is -1.71. The van der Waals surface area contributed by atoms with Gasteiger partial charge in [0.25, 0.3) is 0 Å². The molecule has 0 aromatic rings. The molecule has 0 saturated heterocycles. The number of hydrogen-bond donors (Lipinski definition) is 6. The van der Waals surface area contributed by atoms with Crippen LogP contribution in [0.1, 0.15) is 59.8 Å². The molecule has 1 aliphatic rings. The van der Waals surface area contributed by atoms with Gasteiger partial charge in [0, 0.05) is 6.92 Å². The van der Waals surface area contributed by atoms with Crippen LogP contribution in [-0.4, -0.2) is 65.4 Å². The number of hydrogen-bond acceptors (Lipinski definition) is 6. The Morgan fingerprint density at radius 1 is 1.00 bits per heavy atom. The highest BCUT2D eigenvalue weighted by Gasteiger charge is 2.35. The minimum absolute atomic E-state index is 0.0340. The molecule has 0 aromatic heterocycles. The van der Waals surface area contributed by atoms with E-state index in [2.05, 4.69) is 21.3 Å². The molecule has 0 aromatic carbocycles. The Labute approximate surface area is 178 Å². The highest BCUT2D eigenvalue weighted by atomic mass is 16.4. The molecule has 0 aliphatic heterocycles. The van der Waals surface area contributed by atoms with Gasteiger partial charge in [-0.05, 0) is 31.6 Å². The lowest BCUT2D eigenvalue weighted by atomic mass is 9.81. The molecule has 1 saturated carbocycles. The third-order valence-corrected chi connectivity index (χ3v) is 5.56. The van der Waals surface area contributed by atoms with Crippen molar-refractivity contribution in [1.29, 1.82) is 0 Å². The molecule has 1 fully saturated rings. The summed E-state index contributed by atoms with van der Waals surface area (Å²) >= 11 is 0. The van der Waals surface area contributed by atoms with Gasteiger partial charge in [-0.1, -0.05) is 33.1 Å². The zero-order valence-electron chi connectivity index (χ0n) is 18.2. The minimum Gasteiger partial charge on any atom is -0.426 e. The van der Waals surface area contributed by atoms with Gasteiger partial charge < -0.3 is 31.3 Å². The number of carbonyl (C=O) groups excluding carboxylic acids is 4. The summed E-state index contributed by atoms with van der Waals surface area (Å²) < 4.78 is 0. The molecular weight excluding hydrogens is 391 g/mol. The van der Waals surface area contributed by atoms with E-state index in [-0.39, 0.29) is 24.3 Å². The maximum absolute atomic E-state index is 12.9. The average molecular weight is 426 g/mol. The molecule has 4 amide bonds. The molecule has 1 aliphatic carbocycles. The predicted molar refractivity (Wildman–Crippen MR) is 112 cm³/mol. The molecule has 11 heteroatoms. The smallest absolute Gasteiger partial charge is 0.426 e. The van der Waals surface area contributed by atoms with E-state index in [1.807, 2.05) is 13.8 Å². The summed E-state index contributed by atoms with van der Waals surface area (Å²) in [5.41, 5.74) is 0. The van der Waals surface area contributed by atoms with Crippen molar-refractivity contribution >= 4 is 30.7 Å². The topological polar surface area (TPSA) is 157 Å². The highest BCUT2D eigenvalue weighted by Crippen LogP contribution is 2.28. The summed E-state index contributed by atoms with van der Waals surface area (Å²) in [5, 5.41) is 28.3. The van der Waals surface area contributed by atoms with Crippen LogP contribution in [0.25, 0.3) is 0 Å². The predicted octanol–water partition coefficient (Wildman–Crippen LogP) is -1.15. The Kier molecular flexibility index (Phi) is 10.8. The second-order valence-electron chi connectivity index (χ2n) is 8.08. The van der Waals surface area contributed by atoms with Crippen LogP contribution in [0, 0.1) is 11.8 Å². The first-order valence-electron chi connectivity index (χ1n) is 10.6. The Balaban J connectivity index is 2.77. The first kappa shape index (κ1) is 25.9. The van der Waals surface area contributed by atoms with E-state index < -0.39 is 42.9 Å². The Bertz CT molecular complexity index is 612. The van der Waals surface area contributed by atoms with Crippen molar-refractivity contribution in [3.05, 3.63) is 0 Å². The first-order chi connectivity index (χ1) is 14.1. The van der Waals surface area contributed by atoms with Crippen LogP contribution in [0.15, 0.2) is 0 Å². The number of carbonyl (C=O) groups is 4. The summed E-state index contributed by atoms with van der Waals surface area (Å²) in [5.74, 6) is -2.85. The second kappa shape index (κ2) is 12.5. The van der Waals surface area contributed by atoms with Gasteiger partial charge in [0.1, 0.15) is 12.1 Å². The van der Waals surface area contributed by atoms with Gasteiger partial charge in [-0.25, -0.2) is 0 Å².